The molecule has 0 amide bonds. The van der Waals surface area contributed by atoms with Gasteiger partial charge in [-0.1, -0.05) is 5.75 Å². The Balaban J connectivity index is -0.000000107. The average Bonchev–Trinajstić information content (AvgIpc) is 1.91. The Labute approximate surface area is 112 Å². The molecule has 0 heterocycles. The van der Waals surface area contributed by atoms with Crippen LogP contribution < -0.4 is 29.6 Å². The van der Waals surface area contributed by atoms with E-state index >= 15 is 0 Å². The largest absolute Gasteiger partial charge is 1.00 e. The molecule has 0 aromatic rings. The first-order valence-electron chi connectivity index (χ1n) is 3.28. The second-order valence-corrected chi connectivity index (χ2v) is 4.78. The summed E-state index contributed by atoms with van der Waals surface area (Å²) in [6.45, 7) is 2.24. The first kappa shape index (κ1) is 18.5. The van der Waals surface area contributed by atoms with Crippen molar-refractivity contribution < 1.29 is 65.6 Å². The summed E-state index contributed by atoms with van der Waals surface area (Å²) in [6.07, 6.45) is 2.87. The van der Waals surface area contributed by atoms with E-state index in [-0.39, 0.29) is 35.3 Å². The smallest absolute Gasteiger partial charge is 0.782 e. The van der Waals surface area contributed by atoms with Crippen LogP contribution in [-0.4, -0.2) is 16.8 Å². The molecule has 0 saturated heterocycles. The fourth-order valence-corrected chi connectivity index (χ4v) is 2.19. The van der Waals surface area contributed by atoms with E-state index in [1.165, 1.54) is 16.8 Å². The Kier molecular flexibility index (Phi) is 29.9. The molecule has 1 N–H and O–H groups in total. The van der Waals surface area contributed by atoms with Crippen LogP contribution in [0.1, 0.15) is 19.8 Å². The second kappa shape index (κ2) is 17.7. The molecule has 0 radical (unpaired) electrons. The molecule has 0 atom stereocenters. The summed E-state index contributed by atoms with van der Waals surface area (Å²) < 4.78 is 1.54. The van der Waals surface area contributed by atoms with Crippen LogP contribution in [0.4, 0.5) is 0 Å². The van der Waals surface area contributed by atoms with Gasteiger partial charge in [-0.05, 0) is 0 Å². The van der Waals surface area contributed by atoms with Crippen LogP contribution >= 0.6 is 0 Å². The summed E-state index contributed by atoms with van der Waals surface area (Å²) in [7, 11) is 0. The number of rotatable bonds is 3. The summed E-state index contributed by atoms with van der Waals surface area (Å²) in [4.78, 5) is 9.26. The van der Waals surface area contributed by atoms with Crippen molar-refractivity contribution in [2.45, 2.75) is 23.7 Å². The van der Waals surface area contributed by atoms with E-state index in [4.69, 9.17) is 5.11 Å². The van der Waals surface area contributed by atoms with Gasteiger partial charge in [0, 0.05) is 0 Å². The second-order valence-electron chi connectivity index (χ2n) is 1.75. The Hall–Kier alpha value is 1.76. The molecule has 0 aromatic carbocycles. The van der Waals surface area contributed by atoms with Gasteiger partial charge in [-0.3, -0.25) is 4.79 Å². The predicted molar refractivity (Wildman–Crippen MR) is 39.6 cm³/mol. The minimum absolute atomic E-state index is 0. The zero-order valence-electron chi connectivity index (χ0n) is 7.30. The van der Waals surface area contributed by atoms with Crippen molar-refractivity contribution in [2.24, 2.45) is 0 Å². The molecule has 0 aliphatic carbocycles. The van der Waals surface area contributed by atoms with Gasteiger partial charge in [-0.15, -0.1) is 0 Å². The van der Waals surface area contributed by atoms with E-state index in [9.17, 15) is 4.79 Å². The van der Waals surface area contributed by atoms with Crippen molar-refractivity contribution in [3.63, 3.8) is 0 Å². The minimum atomic E-state index is -0.931. The van der Waals surface area contributed by atoms with Crippen LogP contribution in [0.25, 0.3) is 0 Å². The Bertz CT molecular complexity index is 81.0. The molecule has 0 fully saturated rings. The zero-order valence-corrected chi connectivity index (χ0v) is 15.6. The number of hydrogen-bond donors (Lipinski definition) is 1. The normalized spacial score (nSPS) is 7.27. The van der Waals surface area contributed by atoms with Gasteiger partial charge in [-0.2, -0.15) is 0 Å². The predicted octanol–water partition coefficient (Wildman–Crippen LogP) is -1.63. The fraction of sp³-hybridized carbons (Fsp3) is 0.833. The van der Waals surface area contributed by atoms with Gasteiger partial charge in [0.2, 0.25) is 0 Å². The van der Waals surface area contributed by atoms with Crippen LogP contribution in [0.15, 0.2) is 0 Å². The van der Waals surface area contributed by atoms with Gasteiger partial charge in [0.05, 0.1) is 0 Å². The molecule has 2 nitrogen and oxygen atoms in total. The molecule has 0 bridgehead atoms. The molecule has 0 spiro atoms. The van der Waals surface area contributed by atoms with E-state index in [0.717, 1.165) is 26.1 Å². The van der Waals surface area contributed by atoms with Crippen LogP contribution in [0.5, 0.6) is 0 Å². The molecule has 5 heteroatoms. The first-order chi connectivity index (χ1) is 4.68. The third kappa shape index (κ3) is 33.8. The molecule has 0 aliphatic rings. The number of unbranched alkanes of at least 4 members (excludes halogenated alkanes) is 1. The molecule has 57 valence electrons. The molecule has 0 saturated carbocycles. The Morgan fingerprint density at radius 2 is 2.00 bits per heavy atom. The van der Waals surface area contributed by atoms with Crippen LogP contribution in [0, 0.1) is 0 Å². The van der Waals surface area contributed by atoms with Crippen molar-refractivity contribution in [2.75, 3.05) is 5.75 Å². The van der Waals surface area contributed by atoms with Crippen molar-refractivity contribution in [3.8, 4) is 0 Å². The molecule has 0 aromatic heterocycles. The maximum Gasteiger partial charge on any atom is 1.00 e. The van der Waals surface area contributed by atoms with Gasteiger partial charge in [0.25, 0.3) is 5.97 Å². The van der Waals surface area contributed by atoms with E-state index < -0.39 is 5.97 Å². The Morgan fingerprint density at radius 1 is 1.64 bits per heavy atom. The first-order valence-corrected chi connectivity index (χ1v) is 7.74. The van der Waals surface area contributed by atoms with E-state index in [0.29, 0.717) is 0 Å². The summed E-state index contributed by atoms with van der Waals surface area (Å²) in [5.41, 5.74) is 0. The SMILES string of the molecule is CCC[CH2][Hg].O=C(O)C[S-].[Na+]. The number of hydrogen-bond acceptors (Lipinski definition) is 2. The number of carboxylic acid groups (broad SMARTS) is 1. The average molecular weight is 372 g/mol. The summed E-state index contributed by atoms with van der Waals surface area (Å²) in [5, 5.41) is 7.62. The van der Waals surface area contributed by atoms with Crippen LogP contribution in [0.3, 0.4) is 0 Å². The minimum Gasteiger partial charge on any atom is -0.782 e. The number of carbonyl (C=O) groups is 1. The standard InChI is InChI=1S/C4H9.C2H4O2S.Hg.Na/c1-3-4-2;3-2(4)1-5;;/h1,3-4H2,2H3;5H,1H2,(H,3,4);;/q;;;+1/p-1. The van der Waals surface area contributed by atoms with Gasteiger partial charge in [0.1, 0.15) is 0 Å². The number of carboxylic acids is 1. The third-order valence-corrected chi connectivity index (χ3v) is 2.92. The molecular weight excluding hydrogens is 360 g/mol. The Morgan fingerprint density at radius 3 is 2.00 bits per heavy atom. The summed E-state index contributed by atoms with van der Waals surface area (Å²) >= 11 is 5.15. The van der Waals surface area contributed by atoms with Crippen molar-refractivity contribution in [3.05, 3.63) is 0 Å². The van der Waals surface area contributed by atoms with E-state index in [2.05, 4.69) is 19.6 Å². The van der Waals surface area contributed by atoms with Crippen molar-refractivity contribution >= 4 is 18.6 Å². The third-order valence-electron chi connectivity index (χ3n) is 0.727. The van der Waals surface area contributed by atoms with Crippen LogP contribution in [0.2, 0.25) is 3.93 Å². The monoisotopic (exact) mass is 373 g/mol. The zero-order chi connectivity index (χ0) is 8.41. The van der Waals surface area contributed by atoms with Gasteiger partial charge in [0.15, 0.2) is 0 Å². The van der Waals surface area contributed by atoms with E-state index in [1.54, 1.807) is 0 Å². The van der Waals surface area contributed by atoms with Crippen LogP contribution in [-0.2, 0) is 43.5 Å². The topological polar surface area (TPSA) is 37.3 Å². The maximum atomic E-state index is 9.26. The molecular formula is C6H12HgNaO2S. The quantitative estimate of drug-likeness (QED) is 0.478. The number of aliphatic carboxylic acids is 1. The van der Waals surface area contributed by atoms with Crippen molar-refractivity contribution in [1.29, 1.82) is 0 Å². The molecule has 0 rings (SSSR count). The van der Waals surface area contributed by atoms with Crippen molar-refractivity contribution in [1.82, 2.24) is 0 Å². The summed E-state index contributed by atoms with van der Waals surface area (Å²) in [5.74, 6) is -1.13. The van der Waals surface area contributed by atoms with Gasteiger partial charge in [-0.25, -0.2) is 0 Å². The fourth-order valence-electron chi connectivity index (χ4n) is 0.250. The molecule has 0 unspecified atom stereocenters. The molecule has 0 aliphatic heterocycles. The summed E-state index contributed by atoms with van der Waals surface area (Å²) in [6, 6.07) is 0. The van der Waals surface area contributed by atoms with E-state index in [1.807, 2.05) is 0 Å². The van der Waals surface area contributed by atoms with Gasteiger partial charge >= 0.3 is 79.4 Å². The van der Waals surface area contributed by atoms with Gasteiger partial charge < -0.3 is 17.7 Å². The maximum absolute atomic E-state index is 9.26. The molecule has 11 heavy (non-hydrogen) atoms.